The van der Waals surface area contributed by atoms with Crippen molar-refractivity contribution in [3.63, 3.8) is 0 Å². The zero-order valence-corrected chi connectivity index (χ0v) is 17.7. The molecule has 0 bridgehead atoms. The molecule has 1 aromatic heterocycles. The van der Waals surface area contributed by atoms with Gasteiger partial charge in [-0.1, -0.05) is 35.1 Å². The fraction of sp³-hybridized carbons (Fsp3) is 0.333. The lowest BCUT2D eigenvalue weighted by Crippen LogP contribution is -2.49. The van der Waals surface area contributed by atoms with E-state index in [4.69, 9.17) is 9.72 Å². The lowest BCUT2D eigenvalue weighted by molar-refractivity contribution is -0.128. The Bertz CT molecular complexity index is 963. The molecule has 1 aliphatic heterocycles. The molecule has 0 aliphatic carbocycles. The summed E-state index contributed by atoms with van der Waals surface area (Å²) in [6.45, 7) is 5.16. The van der Waals surface area contributed by atoms with Crippen LogP contribution in [0.25, 0.3) is 10.2 Å². The second-order valence-corrected chi connectivity index (χ2v) is 8.83. The van der Waals surface area contributed by atoms with E-state index >= 15 is 0 Å². The van der Waals surface area contributed by atoms with Crippen LogP contribution in [0, 0.1) is 6.92 Å². The van der Waals surface area contributed by atoms with Gasteiger partial charge in [0, 0.05) is 31.1 Å². The van der Waals surface area contributed by atoms with Crippen LogP contribution in [-0.2, 0) is 4.79 Å². The molecule has 5 nitrogen and oxygen atoms in total. The quantitative estimate of drug-likeness (QED) is 0.591. The summed E-state index contributed by atoms with van der Waals surface area (Å²) in [5.41, 5.74) is 2.15. The van der Waals surface area contributed by atoms with Crippen molar-refractivity contribution in [3.8, 4) is 5.75 Å². The number of thioether (sulfide) groups is 1. The number of benzene rings is 2. The van der Waals surface area contributed by atoms with Gasteiger partial charge in [-0.3, -0.25) is 4.79 Å². The van der Waals surface area contributed by atoms with E-state index in [2.05, 4.69) is 42.2 Å². The largest absolute Gasteiger partial charge is 0.494 e. The van der Waals surface area contributed by atoms with Crippen molar-refractivity contribution in [2.45, 2.75) is 11.8 Å². The van der Waals surface area contributed by atoms with Crippen LogP contribution in [-0.4, -0.2) is 54.8 Å². The van der Waals surface area contributed by atoms with Crippen molar-refractivity contribution in [2.75, 3.05) is 43.9 Å². The number of methoxy groups -OCH3 is 1. The fourth-order valence-corrected chi connectivity index (χ4v) is 5.07. The zero-order valence-electron chi connectivity index (χ0n) is 16.1. The molecule has 0 saturated carbocycles. The lowest BCUT2D eigenvalue weighted by Gasteiger charge is -2.34. The van der Waals surface area contributed by atoms with Crippen molar-refractivity contribution in [1.82, 2.24) is 9.88 Å². The van der Waals surface area contributed by atoms with E-state index in [-0.39, 0.29) is 5.91 Å². The molecule has 0 N–H and O–H groups in total. The second kappa shape index (κ2) is 8.41. The second-order valence-electron chi connectivity index (χ2n) is 6.77. The van der Waals surface area contributed by atoms with Crippen molar-refractivity contribution in [1.29, 1.82) is 0 Å². The number of fused-ring (bicyclic) bond motifs is 1. The van der Waals surface area contributed by atoms with Gasteiger partial charge in [0.25, 0.3) is 0 Å². The molecule has 7 heteroatoms. The van der Waals surface area contributed by atoms with Crippen LogP contribution in [0.2, 0.25) is 0 Å². The summed E-state index contributed by atoms with van der Waals surface area (Å²) in [7, 11) is 1.67. The molecule has 146 valence electrons. The Labute approximate surface area is 173 Å². The third-order valence-corrected chi connectivity index (χ3v) is 6.95. The Kier molecular flexibility index (Phi) is 5.73. The van der Waals surface area contributed by atoms with Gasteiger partial charge in [0.2, 0.25) is 5.91 Å². The smallest absolute Gasteiger partial charge is 0.233 e. The Morgan fingerprint density at radius 2 is 1.89 bits per heavy atom. The van der Waals surface area contributed by atoms with Gasteiger partial charge >= 0.3 is 0 Å². The van der Waals surface area contributed by atoms with Crippen LogP contribution < -0.4 is 9.64 Å². The molecule has 2 heterocycles. The molecule has 28 heavy (non-hydrogen) atoms. The van der Waals surface area contributed by atoms with Gasteiger partial charge in [0.05, 0.1) is 17.6 Å². The molecule has 3 aromatic rings. The van der Waals surface area contributed by atoms with Crippen LogP contribution in [0.15, 0.2) is 47.4 Å². The number of aryl methyl sites for hydroxylation is 1. The van der Waals surface area contributed by atoms with Gasteiger partial charge in [0.15, 0.2) is 5.13 Å². The number of piperazine rings is 1. The van der Waals surface area contributed by atoms with E-state index in [9.17, 15) is 4.79 Å². The number of carbonyl (C=O) groups excluding carboxylic acids is 1. The van der Waals surface area contributed by atoms with E-state index < -0.39 is 0 Å². The van der Waals surface area contributed by atoms with Crippen LogP contribution >= 0.6 is 23.1 Å². The number of hydrogen-bond donors (Lipinski definition) is 0. The van der Waals surface area contributed by atoms with Gasteiger partial charge in [-0.25, -0.2) is 4.98 Å². The lowest BCUT2D eigenvalue weighted by atomic mass is 10.2. The molecule has 1 saturated heterocycles. The molecule has 1 fully saturated rings. The predicted molar refractivity (Wildman–Crippen MR) is 117 cm³/mol. The number of thiazole rings is 1. The number of nitrogens with zero attached hydrogens (tertiary/aromatic N) is 3. The minimum absolute atomic E-state index is 0.205. The highest BCUT2D eigenvalue weighted by atomic mass is 32.2. The highest BCUT2D eigenvalue weighted by Gasteiger charge is 2.23. The van der Waals surface area contributed by atoms with Gasteiger partial charge in [-0.05, 0) is 31.2 Å². The average Bonchev–Trinajstić information content (AvgIpc) is 3.17. The van der Waals surface area contributed by atoms with Gasteiger partial charge in [-0.15, -0.1) is 11.8 Å². The number of ether oxygens (including phenoxy) is 1. The summed E-state index contributed by atoms with van der Waals surface area (Å²) in [6, 6.07) is 14.3. The number of hydrogen-bond acceptors (Lipinski definition) is 6. The monoisotopic (exact) mass is 413 g/mol. The van der Waals surface area contributed by atoms with E-state index in [0.29, 0.717) is 5.75 Å². The molecule has 0 radical (unpaired) electrons. The number of rotatable bonds is 5. The normalized spacial score (nSPS) is 14.5. The first kappa shape index (κ1) is 19.1. The third-order valence-electron chi connectivity index (χ3n) is 4.88. The molecule has 2 aromatic carbocycles. The molecule has 0 spiro atoms. The Morgan fingerprint density at radius 3 is 2.61 bits per heavy atom. The number of anilines is 1. The topological polar surface area (TPSA) is 45.7 Å². The van der Waals surface area contributed by atoms with Crippen LogP contribution in [0.1, 0.15) is 5.56 Å². The van der Waals surface area contributed by atoms with Crippen molar-refractivity contribution < 1.29 is 9.53 Å². The van der Waals surface area contributed by atoms with E-state index in [0.717, 1.165) is 52.2 Å². The summed E-state index contributed by atoms with van der Waals surface area (Å²) in [4.78, 5) is 22.7. The Morgan fingerprint density at radius 1 is 1.14 bits per heavy atom. The first-order valence-corrected chi connectivity index (χ1v) is 11.1. The summed E-state index contributed by atoms with van der Waals surface area (Å²) >= 11 is 3.29. The maximum atomic E-state index is 12.6. The van der Waals surface area contributed by atoms with Gasteiger partial charge in [-0.2, -0.15) is 0 Å². The number of aromatic nitrogens is 1. The van der Waals surface area contributed by atoms with Crippen LogP contribution in [0.3, 0.4) is 0 Å². The van der Waals surface area contributed by atoms with Crippen LogP contribution in [0.5, 0.6) is 5.75 Å². The van der Waals surface area contributed by atoms with Crippen molar-refractivity contribution >= 4 is 44.4 Å². The standard InChI is InChI=1S/C21H23N3O2S2/c1-15-6-8-16(9-7-15)27-14-19(25)23-10-12-24(13-11-23)21-22-20-17(26-2)4-3-5-18(20)28-21/h3-9H,10-14H2,1-2H3. The van der Waals surface area contributed by atoms with E-state index in [1.165, 1.54) is 5.56 Å². The Balaban J connectivity index is 1.34. The summed E-state index contributed by atoms with van der Waals surface area (Å²) in [5, 5.41) is 1.00. The third kappa shape index (κ3) is 4.10. The number of carbonyl (C=O) groups is 1. The van der Waals surface area contributed by atoms with Crippen molar-refractivity contribution in [3.05, 3.63) is 48.0 Å². The summed E-state index contributed by atoms with van der Waals surface area (Å²) in [6.07, 6.45) is 0. The average molecular weight is 414 g/mol. The van der Waals surface area contributed by atoms with Gasteiger partial charge < -0.3 is 14.5 Å². The highest BCUT2D eigenvalue weighted by Crippen LogP contribution is 2.34. The highest BCUT2D eigenvalue weighted by molar-refractivity contribution is 8.00. The zero-order chi connectivity index (χ0) is 19.5. The van der Waals surface area contributed by atoms with E-state index in [1.54, 1.807) is 30.2 Å². The number of para-hydroxylation sites is 1. The van der Waals surface area contributed by atoms with Gasteiger partial charge in [0.1, 0.15) is 11.3 Å². The maximum Gasteiger partial charge on any atom is 0.233 e. The molecular formula is C21H23N3O2S2. The molecule has 1 aliphatic rings. The first-order chi connectivity index (χ1) is 13.6. The molecule has 0 unspecified atom stereocenters. The first-order valence-electron chi connectivity index (χ1n) is 9.30. The minimum atomic E-state index is 0.205. The molecule has 0 atom stereocenters. The van der Waals surface area contributed by atoms with Crippen LogP contribution in [0.4, 0.5) is 5.13 Å². The SMILES string of the molecule is COc1cccc2sc(N3CCN(C(=O)CSc4ccc(C)cc4)CC3)nc12. The summed E-state index contributed by atoms with van der Waals surface area (Å²) in [5.74, 6) is 1.50. The number of amides is 1. The molecule has 1 amide bonds. The fourth-order valence-electron chi connectivity index (χ4n) is 3.23. The molecule has 4 rings (SSSR count). The molecular weight excluding hydrogens is 390 g/mol. The van der Waals surface area contributed by atoms with E-state index in [1.807, 2.05) is 17.0 Å². The summed E-state index contributed by atoms with van der Waals surface area (Å²) < 4.78 is 6.54. The predicted octanol–water partition coefficient (Wildman–Crippen LogP) is 4.05. The Hall–Kier alpha value is -2.25. The minimum Gasteiger partial charge on any atom is -0.494 e. The van der Waals surface area contributed by atoms with Crippen molar-refractivity contribution in [2.24, 2.45) is 0 Å². The maximum absolute atomic E-state index is 12.6.